The molecule has 1 aliphatic rings. The van der Waals surface area contributed by atoms with E-state index in [1.165, 1.54) is 16.7 Å². The second-order valence-corrected chi connectivity index (χ2v) is 5.11. The lowest BCUT2D eigenvalue weighted by Gasteiger charge is -2.07. The number of hydrogen-bond acceptors (Lipinski definition) is 2. The number of hydrogen-bond donors (Lipinski definition) is 0. The summed E-state index contributed by atoms with van der Waals surface area (Å²) >= 11 is 1.70. The highest BCUT2D eigenvalue weighted by molar-refractivity contribution is 7.16. The Morgan fingerprint density at radius 3 is 3.13 bits per heavy atom. The number of nitrogens with zero attached hydrogens (tertiary/aromatic N) is 2. The molecule has 0 aliphatic carbocycles. The van der Waals surface area contributed by atoms with Crippen LogP contribution in [0.25, 0.3) is 10.2 Å². The Morgan fingerprint density at radius 1 is 1.40 bits per heavy atom. The van der Waals surface area contributed by atoms with Crippen molar-refractivity contribution in [2.75, 3.05) is 6.54 Å². The fourth-order valence-corrected chi connectivity index (χ4v) is 2.90. The van der Waals surface area contributed by atoms with Crippen LogP contribution in [-0.4, -0.2) is 17.6 Å². The number of aromatic nitrogens is 1. The average molecular weight is 217 g/mol. The van der Waals surface area contributed by atoms with Gasteiger partial charge >= 0.3 is 0 Å². The third-order valence-electron chi connectivity index (χ3n) is 3.09. The van der Waals surface area contributed by atoms with E-state index in [9.17, 15) is 0 Å². The molecule has 0 spiro atoms. The van der Waals surface area contributed by atoms with Crippen molar-refractivity contribution in [3.8, 4) is 0 Å². The molecule has 1 radical (unpaired) electrons. The third-order valence-corrected chi connectivity index (χ3v) is 3.90. The van der Waals surface area contributed by atoms with Crippen LogP contribution in [0.3, 0.4) is 0 Å². The Balaban J connectivity index is 1.97. The van der Waals surface area contributed by atoms with E-state index in [4.69, 9.17) is 0 Å². The van der Waals surface area contributed by atoms with Gasteiger partial charge in [0.1, 0.15) is 0 Å². The lowest BCUT2D eigenvalue weighted by Crippen LogP contribution is -2.07. The Hall–Kier alpha value is -0.930. The molecule has 0 saturated carbocycles. The van der Waals surface area contributed by atoms with Gasteiger partial charge in [-0.05, 0) is 37.0 Å². The zero-order valence-corrected chi connectivity index (χ0v) is 9.50. The van der Waals surface area contributed by atoms with E-state index in [1.807, 2.05) is 5.51 Å². The van der Waals surface area contributed by atoms with Gasteiger partial charge in [-0.15, -0.1) is 11.3 Å². The lowest BCUT2D eigenvalue weighted by molar-refractivity contribution is 0.648. The van der Waals surface area contributed by atoms with Crippen molar-refractivity contribution in [1.82, 2.24) is 10.3 Å². The second-order valence-electron chi connectivity index (χ2n) is 4.23. The van der Waals surface area contributed by atoms with Gasteiger partial charge in [-0.25, -0.2) is 10.3 Å². The Kier molecular flexibility index (Phi) is 2.22. The Labute approximate surface area is 93.3 Å². The van der Waals surface area contributed by atoms with E-state index >= 15 is 0 Å². The SMILES string of the molecule is CC1CC(c2ccc3scnc3c2)C[N]1. The lowest BCUT2D eigenvalue weighted by atomic mass is 9.96. The first-order valence-electron chi connectivity index (χ1n) is 5.32. The van der Waals surface area contributed by atoms with Crippen molar-refractivity contribution in [3.63, 3.8) is 0 Å². The highest BCUT2D eigenvalue weighted by Gasteiger charge is 2.23. The standard InChI is InChI=1S/C12H13N2S/c1-8-4-10(6-13-8)9-2-3-12-11(5-9)14-7-15-12/h2-3,5,7-8,10H,4,6H2,1H3. The van der Waals surface area contributed by atoms with Crippen molar-refractivity contribution in [2.24, 2.45) is 0 Å². The van der Waals surface area contributed by atoms with Gasteiger partial charge in [0.2, 0.25) is 0 Å². The topological polar surface area (TPSA) is 27.0 Å². The van der Waals surface area contributed by atoms with E-state index in [2.05, 4.69) is 35.4 Å². The van der Waals surface area contributed by atoms with Crippen LogP contribution in [0.5, 0.6) is 0 Å². The molecule has 0 bridgehead atoms. The van der Waals surface area contributed by atoms with Gasteiger partial charge in [-0.3, -0.25) is 0 Å². The highest BCUT2D eigenvalue weighted by atomic mass is 32.1. The summed E-state index contributed by atoms with van der Waals surface area (Å²) in [5.41, 5.74) is 4.45. The molecule has 2 atom stereocenters. The van der Waals surface area contributed by atoms with E-state index in [1.54, 1.807) is 11.3 Å². The first-order valence-corrected chi connectivity index (χ1v) is 6.20. The van der Waals surface area contributed by atoms with Crippen molar-refractivity contribution in [1.29, 1.82) is 0 Å². The van der Waals surface area contributed by atoms with Gasteiger partial charge in [-0.1, -0.05) is 6.07 Å². The molecular weight excluding hydrogens is 204 g/mol. The van der Waals surface area contributed by atoms with Crippen molar-refractivity contribution >= 4 is 21.6 Å². The fourth-order valence-electron chi connectivity index (χ4n) is 2.24. The molecule has 2 unspecified atom stereocenters. The third kappa shape index (κ3) is 1.66. The van der Waals surface area contributed by atoms with E-state index in [0.29, 0.717) is 12.0 Å². The van der Waals surface area contributed by atoms with Crippen LogP contribution in [0, 0.1) is 0 Å². The maximum atomic E-state index is 4.54. The molecule has 2 heterocycles. The van der Waals surface area contributed by atoms with Crippen molar-refractivity contribution < 1.29 is 0 Å². The molecule has 2 aromatic rings. The summed E-state index contributed by atoms with van der Waals surface area (Å²) in [5.74, 6) is 0.617. The minimum atomic E-state index is 0.529. The summed E-state index contributed by atoms with van der Waals surface area (Å²) in [6.45, 7) is 3.18. The normalized spacial score (nSPS) is 26.2. The van der Waals surface area contributed by atoms with Gasteiger partial charge in [0.25, 0.3) is 0 Å². The zero-order valence-electron chi connectivity index (χ0n) is 8.68. The van der Waals surface area contributed by atoms with Crippen LogP contribution in [0.4, 0.5) is 0 Å². The summed E-state index contributed by atoms with van der Waals surface area (Å²) in [4.78, 5) is 4.36. The van der Waals surface area contributed by atoms with Crippen LogP contribution >= 0.6 is 11.3 Å². The number of thiazole rings is 1. The number of benzene rings is 1. The average Bonchev–Trinajstić information content (AvgIpc) is 2.84. The van der Waals surface area contributed by atoms with Gasteiger partial charge in [0.15, 0.2) is 0 Å². The molecule has 15 heavy (non-hydrogen) atoms. The molecule has 3 heteroatoms. The second kappa shape index (κ2) is 3.58. The summed E-state index contributed by atoms with van der Waals surface area (Å²) in [6.07, 6.45) is 1.19. The van der Waals surface area contributed by atoms with Crippen LogP contribution in [0.1, 0.15) is 24.8 Å². The molecule has 2 nitrogen and oxygen atoms in total. The summed E-state index contributed by atoms with van der Waals surface area (Å²) in [6, 6.07) is 7.18. The predicted octanol–water partition coefficient (Wildman–Crippen LogP) is 2.78. The zero-order chi connectivity index (χ0) is 10.3. The van der Waals surface area contributed by atoms with Crippen LogP contribution in [0.2, 0.25) is 0 Å². The molecule has 1 aromatic heterocycles. The molecule has 1 fully saturated rings. The smallest absolute Gasteiger partial charge is 0.0814 e. The van der Waals surface area contributed by atoms with Crippen molar-refractivity contribution in [2.45, 2.75) is 25.3 Å². The fraction of sp³-hybridized carbons (Fsp3) is 0.417. The van der Waals surface area contributed by atoms with E-state index < -0.39 is 0 Å². The van der Waals surface area contributed by atoms with E-state index in [0.717, 1.165) is 12.1 Å². The van der Waals surface area contributed by atoms with E-state index in [-0.39, 0.29) is 0 Å². The molecule has 0 amide bonds. The predicted molar refractivity (Wildman–Crippen MR) is 63.4 cm³/mol. The quantitative estimate of drug-likeness (QED) is 0.721. The first-order chi connectivity index (χ1) is 7.33. The summed E-state index contributed by atoms with van der Waals surface area (Å²) in [7, 11) is 0. The van der Waals surface area contributed by atoms with Gasteiger partial charge in [0.05, 0.1) is 15.7 Å². The maximum Gasteiger partial charge on any atom is 0.0814 e. The van der Waals surface area contributed by atoms with Crippen LogP contribution < -0.4 is 5.32 Å². The van der Waals surface area contributed by atoms with Gasteiger partial charge in [-0.2, -0.15) is 0 Å². The largest absolute Gasteiger partial charge is 0.245 e. The maximum absolute atomic E-state index is 4.54. The highest BCUT2D eigenvalue weighted by Crippen LogP contribution is 2.29. The summed E-state index contributed by atoms with van der Waals surface area (Å²) in [5, 5.41) is 4.54. The minimum absolute atomic E-state index is 0.529. The molecular formula is C12H13N2S. The molecule has 1 aliphatic heterocycles. The summed E-state index contributed by atoms with van der Waals surface area (Å²) < 4.78 is 1.28. The molecule has 0 N–H and O–H groups in total. The minimum Gasteiger partial charge on any atom is -0.245 e. The Bertz CT molecular complexity index is 477. The first kappa shape index (κ1) is 9.31. The molecule has 77 valence electrons. The van der Waals surface area contributed by atoms with Gasteiger partial charge in [0, 0.05) is 12.6 Å². The molecule has 3 rings (SSSR count). The molecule has 1 aromatic carbocycles. The van der Waals surface area contributed by atoms with Gasteiger partial charge < -0.3 is 0 Å². The Morgan fingerprint density at radius 2 is 2.33 bits per heavy atom. The molecule has 1 saturated heterocycles. The van der Waals surface area contributed by atoms with Crippen molar-refractivity contribution in [3.05, 3.63) is 29.3 Å². The number of fused-ring (bicyclic) bond motifs is 1. The number of rotatable bonds is 1. The van der Waals surface area contributed by atoms with Crippen LogP contribution in [0.15, 0.2) is 23.7 Å². The monoisotopic (exact) mass is 217 g/mol. The van der Waals surface area contributed by atoms with Crippen LogP contribution in [-0.2, 0) is 0 Å².